The highest BCUT2D eigenvalue weighted by Gasteiger charge is 2.17. The van der Waals surface area contributed by atoms with Gasteiger partial charge in [-0.05, 0) is 284 Å². The summed E-state index contributed by atoms with van der Waals surface area (Å²) in [4.78, 5) is 27.0. The second-order valence-electron chi connectivity index (χ2n) is 23.3. The van der Waals surface area contributed by atoms with Gasteiger partial charge in [-0.1, -0.05) is 161 Å². The fourth-order valence-electron chi connectivity index (χ4n) is 9.97. The Balaban J connectivity index is 0.000000166. The standard InChI is InChI=1S/C14H15Br2NO.C13H13Br2NO.2C12H11Br2NO.C12H11I2NO.C11H9Br2NO/c1-2-3-4-5-9-6-7-10-11(15)8-12(16)14(18)13(10)17-9;1-7(2)5-8-3-4-9-10(14)6-11(15)13(17)12(9)16-8;1-6(2)10-4-3-7-8(13)5-9(14)12(16)11(7)15-10;2*1-2-3-7-4-5-8-9(13)6-10(14)12(16)11(8)15-7;1-2-6-3-4-7-8(12)5-9(13)11(15)10(7)14-6/h6-8,18H,2-5H2,1H3;3-4,6-7,17H,5H2,1-2H3;3-6,16H,1-2H3;2*4-6,16H,2-3H2,1H3;3-5,15H,2H2,1H3. The summed E-state index contributed by atoms with van der Waals surface area (Å²) < 4.78 is 9.94. The highest BCUT2D eigenvalue weighted by molar-refractivity contribution is 14.1. The van der Waals surface area contributed by atoms with E-state index in [1.54, 1.807) is 0 Å². The Morgan fingerprint density at radius 3 is 0.969 bits per heavy atom. The molecule has 98 heavy (non-hydrogen) atoms. The molecule has 12 rings (SSSR count). The van der Waals surface area contributed by atoms with Gasteiger partial charge in [0.25, 0.3) is 0 Å². The van der Waals surface area contributed by atoms with E-state index in [1.807, 2.05) is 116 Å². The third-order valence-electron chi connectivity index (χ3n) is 15.1. The first kappa shape index (κ1) is 82.1. The Morgan fingerprint density at radius 1 is 0.316 bits per heavy atom. The van der Waals surface area contributed by atoms with E-state index >= 15 is 0 Å². The average molecular weight is 2190 g/mol. The van der Waals surface area contributed by atoms with Crippen molar-refractivity contribution in [3.63, 3.8) is 0 Å². The highest BCUT2D eigenvalue weighted by Crippen LogP contribution is 2.42. The quantitative estimate of drug-likeness (QED) is 0.0501. The smallest absolute Gasteiger partial charge is 0.156 e. The van der Waals surface area contributed by atoms with Crippen molar-refractivity contribution in [1.82, 2.24) is 29.9 Å². The van der Waals surface area contributed by atoms with Crippen LogP contribution in [-0.2, 0) is 32.1 Å². The highest BCUT2D eigenvalue weighted by atomic mass is 127. The van der Waals surface area contributed by atoms with Crippen LogP contribution >= 0.6 is 204 Å². The van der Waals surface area contributed by atoms with E-state index in [-0.39, 0.29) is 28.7 Å². The van der Waals surface area contributed by atoms with Crippen LogP contribution in [0.4, 0.5) is 0 Å². The summed E-state index contributed by atoms with van der Waals surface area (Å²) in [7, 11) is 0. The second kappa shape index (κ2) is 38.6. The summed E-state index contributed by atoms with van der Waals surface area (Å²) in [6.45, 7) is 16.9. The second-order valence-corrected chi connectivity index (χ2v) is 34.2. The number of unbranched alkanes of at least 4 members (excludes halogenated alkanes) is 2. The van der Waals surface area contributed by atoms with Crippen molar-refractivity contribution in [3.05, 3.63) is 195 Å². The van der Waals surface area contributed by atoms with E-state index in [2.05, 4.69) is 283 Å². The number of aryl methyl sites for hydroxylation is 4. The largest absolute Gasteiger partial charge is 0.505 e. The molecule has 0 spiro atoms. The molecular formula is C74H70Br10I2N6O6. The summed E-state index contributed by atoms with van der Waals surface area (Å²) in [5, 5.41) is 65.5. The van der Waals surface area contributed by atoms with E-state index in [1.165, 1.54) is 12.8 Å². The minimum absolute atomic E-state index is 0.195. The zero-order valence-corrected chi connectivity index (χ0v) is 74.7. The normalized spacial score (nSPS) is 11.1. The van der Waals surface area contributed by atoms with Crippen LogP contribution in [0, 0.1) is 13.1 Å². The topological polar surface area (TPSA) is 199 Å². The van der Waals surface area contributed by atoms with Gasteiger partial charge in [-0.2, -0.15) is 0 Å². The predicted molar refractivity (Wildman–Crippen MR) is 456 cm³/mol. The molecule has 0 bridgehead atoms. The van der Waals surface area contributed by atoms with Gasteiger partial charge in [-0.3, -0.25) is 0 Å². The van der Waals surface area contributed by atoms with Crippen LogP contribution in [0.25, 0.3) is 65.4 Å². The Morgan fingerprint density at radius 2 is 0.622 bits per heavy atom. The molecule has 12 nitrogen and oxygen atoms in total. The summed E-state index contributed by atoms with van der Waals surface area (Å²) in [5.74, 6) is 2.22. The van der Waals surface area contributed by atoms with Crippen molar-refractivity contribution in [2.75, 3.05) is 0 Å². The lowest BCUT2D eigenvalue weighted by molar-refractivity contribution is 0.476. The van der Waals surface area contributed by atoms with Crippen molar-refractivity contribution < 1.29 is 30.6 Å². The van der Waals surface area contributed by atoms with E-state index in [4.69, 9.17) is 0 Å². The Hall–Kier alpha value is -3.16. The van der Waals surface area contributed by atoms with Crippen molar-refractivity contribution in [3.8, 4) is 34.5 Å². The van der Waals surface area contributed by atoms with E-state index in [0.29, 0.717) is 67.5 Å². The minimum atomic E-state index is 0.195. The van der Waals surface area contributed by atoms with Gasteiger partial charge in [0.05, 0.1) is 25.9 Å². The first-order valence-corrected chi connectivity index (χ1v) is 41.4. The number of aromatic nitrogens is 6. The zero-order valence-electron chi connectivity index (χ0n) is 54.5. The lowest BCUT2D eigenvalue weighted by Crippen LogP contribution is -1.97. The molecule has 0 aliphatic carbocycles. The number of benzene rings is 6. The predicted octanol–water partition coefficient (Wildman–Crippen LogP) is 27.0. The summed E-state index contributed by atoms with van der Waals surface area (Å²) in [5.41, 5.74) is 9.99. The molecule has 0 atom stereocenters. The molecular weight excluding hydrogens is 2120 g/mol. The molecule has 0 aliphatic rings. The Labute approximate surface area is 682 Å². The van der Waals surface area contributed by atoms with Gasteiger partial charge >= 0.3 is 0 Å². The van der Waals surface area contributed by atoms with Crippen LogP contribution in [0.2, 0.25) is 0 Å². The molecule has 6 aromatic heterocycles. The molecule has 6 heterocycles. The molecule has 0 unspecified atom stereocenters. The first-order valence-electron chi connectivity index (χ1n) is 31.3. The van der Waals surface area contributed by atoms with Gasteiger partial charge in [0.2, 0.25) is 0 Å². The fourth-order valence-corrected chi connectivity index (χ4v) is 18.2. The third kappa shape index (κ3) is 21.3. The van der Waals surface area contributed by atoms with Gasteiger partial charge in [0.1, 0.15) is 33.1 Å². The van der Waals surface area contributed by atoms with Crippen molar-refractivity contribution in [2.45, 2.75) is 126 Å². The molecule has 0 saturated carbocycles. The van der Waals surface area contributed by atoms with Crippen LogP contribution in [0.3, 0.4) is 0 Å². The first-order chi connectivity index (χ1) is 46.5. The summed E-state index contributed by atoms with van der Waals surface area (Å²) in [6.07, 6.45) is 10.3. The number of rotatable bonds is 12. The number of nitrogens with zero attached hydrogens (tertiary/aromatic N) is 6. The van der Waals surface area contributed by atoms with Gasteiger partial charge in [0, 0.05) is 92.4 Å². The lowest BCUT2D eigenvalue weighted by Gasteiger charge is -2.09. The average Bonchev–Trinajstić information content (AvgIpc) is 0.843. The number of hydrogen-bond acceptors (Lipinski definition) is 12. The third-order valence-corrected chi connectivity index (χ3v) is 23.1. The molecule has 516 valence electrons. The van der Waals surface area contributed by atoms with Gasteiger partial charge < -0.3 is 30.6 Å². The van der Waals surface area contributed by atoms with Gasteiger partial charge in [-0.15, -0.1) is 0 Å². The van der Waals surface area contributed by atoms with E-state index < -0.39 is 0 Å². The van der Waals surface area contributed by atoms with Crippen LogP contribution < -0.4 is 0 Å². The van der Waals surface area contributed by atoms with Crippen LogP contribution in [0.5, 0.6) is 34.5 Å². The minimum Gasteiger partial charge on any atom is -0.505 e. The molecule has 12 aromatic rings. The number of hydrogen-bond donors (Lipinski definition) is 6. The number of fused-ring (bicyclic) bond motifs is 6. The van der Waals surface area contributed by atoms with E-state index in [0.717, 1.165) is 153 Å². The fraction of sp³-hybridized carbons (Fsp3) is 0.270. The molecule has 0 amide bonds. The SMILES string of the molecule is CC(C)Cc1ccc2c(Br)cc(Br)c(O)c2n1.CC(C)c1ccc2c(Br)cc(Br)c(O)c2n1.CCCCCc1ccc2c(Br)cc(Br)c(O)c2n1.CCCc1ccc2c(Br)cc(Br)c(O)c2n1.CCCc1ccc2c(I)cc(I)c(O)c2n1.CCc1ccc2c(Br)cc(Br)c(O)c2n1. The molecule has 24 heteroatoms. The van der Waals surface area contributed by atoms with Crippen LogP contribution in [-0.4, -0.2) is 60.5 Å². The van der Waals surface area contributed by atoms with Crippen molar-refractivity contribution in [2.24, 2.45) is 5.92 Å². The van der Waals surface area contributed by atoms with Gasteiger partial charge in [0.15, 0.2) is 34.5 Å². The molecule has 6 aromatic carbocycles. The molecule has 0 saturated heterocycles. The van der Waals surface area contributed by atoms with Gasteiger partial charge in [-0.25, -0.2) is 29.9 Å². The molecule has 0 aliphatic heterocycles. The number of pyridine rings is 6. The molecule has 0 fully saturated rings. The van der Waals surface area contributed by atoms with Crippen molar-refractivity contribution in [1.29, 1.82) is 0 Å². The number of halogens is 12. The maximum atomic E-state index is 10.0. The maximum absolute atomic E-state index is 10.0. The number of phenols is 6. The Bertz CT molecular complexity index is 4760. The monoisotopic (exact) mass is 2180 g/mol. The molecule has 6 N–H and O–H groups in total. The van der Waals surface area contributed by atoms with E-state index in [9.17, 15) is 30.6 Å². The maximum Gasteiger partial charge on any atom is 0.156 e. The summed E-state index contributed by atoms with van der Waals surface area (Å²) in [6, 6.07) is 35.2. The number of aromatic hydroxyl groups is 6. The number of phenolic OH excluding ortho intramolecular Hbond substituents is 6. The van der Waals surface area contributed by atoms with Crippen molar-refractivity contribution >= 4 is 270 Å². The van der Waals surface area contributed by atoms with Crippen LogP contribution in [0.15, 0.2) is 154 Å². The Kier molecular flexibility index (Phi) is 32.3. The van der Waals surface area contributed by atoms with Crippen LogP contribution in [0.1, 0.15) is 128 Å². The zero-order chi connectivity index (χ0) is 72.0. The summed E-state index contributed by atoms with van der Waals surface area (Å²) >= 11 is 38.3. The lowest BCUT2D eigenvalue weighted by atomic mass is 10.1. The molecule has 0 radical (unpaired) electrons.